The zero-order chi connectivity index (χ0) is 37.4. The van der Waals surface area contributed by atoms with Gasteiger partial charge in [-0.05, 0) is 48.5 Å². The molecule has 0 aliphatic carbocycles. The van der Waals surface area contributed by atoms with E-state index in [0.717, 1.165) is 0 Å². The molecule has 6 rings (SSSR count). The summed E-state index contributed by atoms with van der Waals surface area (Å²) in [5.74, 6) is -3.18. The van der Waals surface area contributed by atoms with Gasteiger partial charge in [0.25, 0.3) is 0 Å². The Bertz CT molecular complexity index is 1630. The monoisotopic (exact) mass is 686 g/mol. The second-order valence-corrected chi connectivity index (χ2v) is 9.21. The Hall–Kier alpha value is -7.42. The van der Waals surface area contributed by atoms with E-state index in [1.807, 2.05) is 72.8 Å². The largest absolute Gasteiger partial charge is 0.478 e. The molecule has 6 aromatic rings. The lowest BCUT2D eigenvalue weighted by atomic mass is 10.2. The normalized spacial score (nSPS) is 8.55. The van der Waals surface area contributed by atoms with Gasteiger partial charge >= 0.3 is 30.0 Å². The number of rotatable bonds is 4. The van der Waals surface area contributed by atoms with Crippen molar-refractivity contribution in [3.8, 4) is 0 Å². The number of hydrogen-bond acceptors (Lipinski definition) is 8. The highest BCUT2D eigenvalue weighted by Gasteiger charge is 2.13. The fourth-order valence-electron chi connectivity index (χ4n) is 3.25. The fraction of sp³-hybridized carbons (Fsp3) is 0. The van der Waals surface area contributed by atoms with Gasteiger partial charge in [0.1, 0.15) is 0 Å². The maximum absolute atomic E-state index is 11.5. The summed E-state index contributed by atoms with van der Waals surface area (Å²) < 4.78 is 0. The number of benzene rings is 6. The van der Waals surface area contributed by atoms with E-state index in [1.165, 1.54) is 0 Å². The second-order valence-electron chi connectivity index (χ2n) is 9.21. The minimum Gasteiger partial charge on any atom is -0.478 e. The van der Waals surface area contributed by atoms with Crippen LogP contribution in [0.4, 0.5) is 0 Å². The van der Waals surface area contributed by atoms with Crippen LogP contribution in [0.2, 0.25) is 0 Å². The van der Waals surface area contributed by atoms with Gasteiger partial charge in [0.2, 0.25) is 0 Å². The fourth-order valence-corrected chi connectivity index (χ4v) is 3.25. The molecule has 10 nitrogen and oxygen atoms in total. The number of hydrogen-bond donors (Lipinski definition) is 2. The van der Waals surface area contributed by atoms with E-state index in [9.17, 15) is 19.2 Å². The van der Waals surface area contributed by atoms with E-state index >= 15 is 0 Å². The van der Waals surface area contributed by atoms with Crippen LogP contribution in [-0.4, -0.2) is 40.2 Å². The summed E-state index contributed by atoms with van der Waals surface area (Å²) in [6.07, 6.45) is 0.250. The average molecular weight is 687 g/mol. The predicted molar refractivity (Wildman–Crippen MR) is 188 cm³/mol. The minimum atomic E-state index is -0.879. The van der Waals surface area contributed by atoms with Gasteiger partial charge < -0.3 is 10.2 Å². The van der Waals surface area contributed by atoms with Crippen LogP contribution in [0.1, 0.15) is 41.4 Å². The molecule has 0 atom stereocenters. The van der Waals surface area contributed by atoms with Gasteiger partial charge in [-0.3, -0.25) is 0 Å². The molecule has 2 N–H and O–H groups in total. The Kier molecular flexibility index (Phi) is 22.6. The summed E-state index contributed by atoms with van der Waals surface area (Å²) in [5.41, 5.74) is 1.30. The summed E-state index contributed by atoms with van der Waals surface area (Å²) in [7, 11) is 0. The quantitative estimate of drug-likeness (QED) is 0.137. The molecule has 51 heavy (non-hydrogen) atoms. The van der Waals surface area contributed by atoms with Crippen molar-refractivity contribution in [2.75, 3.05) is 0 Å². The molecule has 0 spiro atoms. The van der Waals surface area contributed by atoms with Crippen molar-refractivity contribution in [1.82, 2.24) is 0 Å². The average Bonchev–Trinajstić information content (AvgIpc) is 3.21. The molecular weight excluding hydrogens is 652 g/mol. The van der Waals surface area contributed by atoms with Crippen LogP contribution in [0, 0.1) is 0 Å². The SMILES string of the molecule is O=C(O)c1ccccc1.O=C(O)c1ccccc1.O=C(OOC(=O)c1ccccc1)c1ccccc1.O=C=O.c1ccccc1.c1ccccc1. The van der Waals surface area contributed by atoms with Crippen LogP contribution >= 0.6 is 0 Å². The predicted octanol–water partition coefficient (Wildman–Crippen LogP) is 8.17. The molecule has 0 saturated heterocycles. The van der Waals surface area contributed by atoms with Crippen molar-refractivity contribution in [2.24, 2.45) is 0 Å². The second kappa shape index (κ2) is 27.7. The van der Waals surface area contributed by atoms with Crippen LogP contribution in [-0.2, 0) is 19.4 Å². The Labute approximate surface area is 294 Å². The summed E-state index contributed by atoms with van der Waals surface area (Å²) >= 11 is 0. The third-order valence-corrected chi connectivity index (χ3v) is 5.59. The lowest BCUT2D eigenvalue weighted by molar-refractivity contribution is -0.191. The lowest BCUT2D eigenvalue weighted by Gasteiger charge is -2.02. The van der Waals surface area contributed by atoms with Gasteiger partial charge in [-0.25, -0.2) is 29.0 Å². The Morgan fingerprint density at radius 1 is 0.333 bits per heavy atom. The molecule has 10 heteroatoms. The molecule has 0 saturated carbocycles. The molecule has 0 fully saturated rings. The van der Waals surface area contributed by atoms with Crippen molar-refractivity contribution in [3.05, 3.63) is 216 Å². The number of aromatic carboxylic acids is 2. The Morgan fingerprint density at radius 3 is 0.647 bits per heavy atom. The van der Waals surface area contributed by atoms with E-state index < -0.39 is 23.9 Å². The topological polar surface area (TPSA) is 161 Å². The van der Waals surface area contributed by atoms with E-state index in [-0.39, 0.29) is 6.15 Å². The molecule has 0 radical (unpaired) electrons. The molecule has 0 aliphatic rings. The molecule has 0 aliphatic heterocycles. The number of carboxylic acid groups (broad SMARTS) is 2. The maximum atomic E-state index is 11.5. The van der Waals surface area contributed by atoms with Crippen molar-refractivity contribution < 1.29 is 48.8 Å². The first-order valence-corrected chi connectivity index (χ1v) is 14.9. The summed E-state index contributed by atoms with van der Waals surface area (Å²) in [5, 5.41) is 16.8. The Balaban J connectivity index is 0.000000335. The van der Waals surface area contributed by atoms with Crippen molar-refractivity contribution in [3.63, 3.8) is 0 Å². The first-order valence-electron chi connectivity index (χ1n) is 14.9. The van der Waals surface area contributed by atoms with Crippen LogP contribution in [0.3, 0.4) is 0 Å². The molecule has 6 aromatic carbocycles. The van der Waals surface area contributed by atoms with Crippen molar-refractivity contribution in [1.29, 1.82) is 0 Å². The highest BCUT2D eigenvalue weighted by Crippen LogP contribution is 2.05. The summed E-state index contributed by atoms with van der Waals surface area (Å²) in [4.78, 5) is 68.5. The molecule has 0 aromatic heterocycles. The molecule has 0 heterocycles. The van der Waals surface area contributed by atoms with Crippen LogP contribution < -0.4 is 0 Å². The zero-order valence-corrected chi connectivity index (χ0v) is 27.1. The van der Waals surface area contributed by atoms with Gasteiger partial charge in [-0.1, -0.05) is 146 Å². The lowest BCUT2D eigenvalue weighted by Crippen LogP contribution is -2.11. The van der Waals surface area contributed by atoms with Crippen LogP contribution in [0.25, 0.3) is 0 Å². The van der Waals surface area contributed by atoms with E-state index in [0.29, 0.717) is 22.3 Å². The molecular formula is C41H34O10. The van der Waals surface area contributed by atoms with E-state index in [4.69, 9.17) is 19.8 Å². The van der Waals surface area contributed by atoms with Crippen molar-refractivity contribution >= 4 is 30.0 Å². The molecule has 0 unspecified atom stereocenters. The third kappa shape index (κ3) is 21.1. The molecule has 0 amide bonds. The highest BCUT2D eigenvalue weighted by molar-refractivity contribution is 5.92. The van der Waals surface area contributed by atoms with Crippen LogP contribution in [0.15, 0.2) is 194 Å². The first kappa shape index (κ1) is 41.6. The molecule has 258 valence electrons. The highest BCUT2D eigenvalue weighted by atomic mass is 17.2. The Morgan fingerprint density at radius 2 is 0.490 bits per heavy atom. The standard InChI is InChI=1S/C14H10O4.2C7H6O2.2C6H6.CO2/c15-13(11-7-3-1-4-8-11)17-18-14(16)12-9-5-2-6-10-12;2*8-7(9)6-4-2-1-3-5-6;2*1-2-4-6-5-3-1;2-1-3/h1-10H;2*1-5H,(H,8,9);2*1-6H;. The number of carboxylic acids is 2. The zero-order valence-electron chi connectivity index (χ0n) is 27.1. The smallest absolute Gasteiger partial charge is 0.386 e. The van der Waals surface area contributed by atoms with E-state index in [1.54, 1.807) is 121 Å². The van der Waals surface area contributed by atoms with E-state index in [2.05, 4.69) is 9.78 Å². The van der Waals surface area contributed by atoms with Crippen LogP contribution in [0.5, 0.6) is 0 Å². The van der Waals surface area contributed by atoms with Gasteiger partial charge in [0.15, 0.2) is 0 Å². The van der Waals surface area contributed by atoms with Gasteiger partial charge in [0, 0.05) is 0 Å². The number of carbonyl (C=O) groups is 4. The molecule has 0 bridgehead atoms. The third-order valence-electron chi connectivity index (χ3n) is 5.59. The maximum Gasteiger partial charge on any atom is 0.386 e. The minimum absolute atomic E-state index is 0.250. The van der Waals surface area contributed by atoms with Gasteiger partial charge in [-0.2, -0.15) is 9.59 Å². The van der Waals surface area contributed by atoms with Gasteiger partial charge in [-0.15, -0.1) is 0 Å². The summed E-state index contributed by atoms with van der Waals surface area (Å²) in [6, 6.07) is 57.2. The van der Waals surface area contributed by atoms with Crippen molar-refractivity contribution in [2.45, 2.75) is 0 Å². The first-order chi connectivity index (χ1) is 24.8. The van der Waals surface area contributed by atoms with Gasteiger partial charge in [0.05, 0.1) is 22.3 Å². The summed E-state index contributed by atoms with van der Waals surface area (Å²) in [6.45, 7) is 0. The number of carbonyl (C=O) groups excluding carboxylic acids is 4.